The van der Waals surface area contributed by atoms with Crippen LogP contribution in [0.2, 0.25) is 0 Å². The average Bonchev–Trinajstić information content (AvgIpc) is 2.36. The Kier molecular flexibility index (Phi) is 4.55. The maximum atomic E-state index is 11.9. The van der Waals surface area contributed by atoms with E-state index in [-0.39, 0.29) is 12.5 Å². The number of carbonyl (C=O) groups is 1. The molecule has 1 unspecified atom stereocenters. The number of anilines is 1. The minimum atomic E-state index is -0.913. The van der Waals surface area contributed by atoms with Crippen LogP contribution in [-0.4, -0.2) is 30.3 Å². The highest BCUT2D eigenvalue weighted by molar-refractivity contribution is 5.99. The fourth-order valence-corrected chi connectivity index (χ4v) is 1.35. The second-order valence-corrected chi connectivity index (χ2v) is 4.49. The van der Waals surface area contributed by atoms with Crippen LogP contribution in [0.5, 0.6) is 5.75 Å². The molecule has 100 valence electrons. The minimum absolute atomic E-state index is 0.180. The van der Waals surface area contributed by atoms with Crippen molar-refractivity contribution >= 4 is 11.6 Å². The van der Waals surface area contributed by atoms with Gasteiger partial charge in [0.15, 0.2) is 0 Å². The Morgan fingerprint density at radius 2 is 2.22 bits per heavy atom. The van der Waals surface area contributed by atoms with Gasteiger partial charge >= 0.3 is 0 Å². The lowest BCUT2D eigenvalue weighted by molar-refractivity contribution is 0.0518. The Morgan fingerprint density at radius 3 is 2.78 bits per heavy atom. The highest BCUT2D eigenvalue weighted by Crippen LogP contribution is 2.19. The highest BCUT2D eigenvalue weighted by Gasteiger charge is 2.19. The zero-order valence-corrected chi connectivity index (χ0v) is 11.0. The summed E-state index contributed by atoms with van der Waals surface area (Å²) in [5.41, 5.74) is 5.55. The number of hydrogen-bond acceptors (Lipinski definition) is 4. The molecule has 0 bridgehead atoms. The second kappa shape index (κ2) is 5.73. The number of ether oxygens (including phenoxy) is 1. The van der Waals surface area contributed by atoms with Crippen molar-refractivity contribution in [1.82, 2.24) is 5.32 Å². The molecule has 1 amide bonds. The van der Waals surface area contributed by atoms with Gasteiger partial charge in [-0.25, -0.2) is 0 Å². The zero-order chi connectivity index (χ0) is 13.8. The summed E-state index contributed by atoms with van der Waals surface area (Å²) in [5, 5.41) is 12.5. The zero-order valence-electron chi connectivity index (χ0n) is 11.0. The summed E-state index contributed by atoms with van der Waals surface area (Å²) < 4.78 is 5.04. The van der Waals surface area contributed by atoms with Crippen molar-refractivity contribution in [2.24, 2.45) is 0 Å². The van der Waals surface area contributed by atoms with E-state index in [1.54, 1.807) is 25.1 Å². The molecule has 1 aromatic carbocycles. The van der Waals surface area contributed by atoms with Crippen LogP contribution in [0.4, 0.5) is 5.69 Å². The standard InChI is InChI=1S/C13H20N2O3/c1-4-13(2,17)8-15-12(16)10-7-9(18-3)5-6-11(10)14/h5-7,17H,4,8,14H2,1-3H3,(H,15,16). The van der Waals surface area contributed by atoms with Gasteiger partial charge in [-0.3, -0.25) is 4.79 Å². The van der Waals surface area contributed by atoms with Gasteiger partial charge in [0, 0.05) is 12.2 Å². The van der Waals surface area contributed by atoms with Crippen molar-refractivity contribution < 1.29 is 14.6 Å². The van der Waals surface area contributed by atoms with Crippen LogP contribution < -0.4 is 15.8 Å². The Hall–Kier alpha value is -1.75. The van der Waals surface area contributed by atoms with Crippen LogP contribution in [0.15, 0.2) is 18.2 Å². The molecule has 1 rings (SSSR count). The van der Waals surface area contributed by atoms with Gasteiger partial charge in [0.05, 0.1) is 18.3 Å². The Bertz CT molecular complexity index is 430. The second-order valence-electron chi connectivity index (χ2n) is 4.49. The molecule has 5 heteroatoms. The van der Waals surface area contributed by atoms with Crippen molar-refractivity contribution in [3.8, 4) is 5.75 Å². The molecule has 18 heavy (non-hydrogen) atoms. The Labute approximate surface area is 107 Å². The largest absolute Gasteiger partial charge is 0.497 e. The molecule has 0 aromatic heterocycles. The van der Waals surface area contributed by atoms with Crippen molar-refractivity contribution in [2.45, 2.75) is 25.9 Å². The molecule has 0 saturated carbocycles. The third kappa shape index (κ3) is 3.63. The van der Waals surface area contributed by atoms with Gasteiger partial charge in [-0.2, -0.15) is 0 Å². The number of rotatable bonds is 5. The Balaban J connectivity index is 2.78. The minimum Gasteiger partial charge on any atom is -0.497 e. The predicted molar refractivity (Wildman–Crippen MR) is 70.7 cm³/mol. The van der Waals surface area contributed by atoms with E-state index in [2.05, 4.69) is 5.32 Å². The third-order valence-corrected chi connectivity index (χ3v) is 2.90. The lowest BCUT2D eigenvalue weighted by Crippen LogP contribution is -2.40. The van der Waals surface area contributed by atoms with Crippen LogP contribution in [0, 0.1) is 0 Å². The normalized spacial score (nSPS) is 13.8. The van der Waals surface area contributed by atoms with Crippen molar-refractivity contribution in [3.05, 3.63) is 23.8 Å². The third-order valence-electron chi connectivity index (χ3n) is 2.90. The molecule has 0 heterocycles. The number of benzene rings is 1. The average molecular weight is 252 g/mol. The van der Waals surface area contributed by atoms with Gasteiger partial charge in [0.2, 0.25) is 0 Å². The molecular weight excluding hydrogens is 232 g/mol. The molecule has 0 aliphatic carbocycles. The van der Waals surface area contributed by atoms with E-state index in [1.807, 2.05) is 6.92 Å². The van der Waals surface area contributed by atoms with E-state index >= 15 is 0 Å². The lowest BCUT2D eigenvalue weighted by Gasteiger charge is -2.21. The van der Waals surface area contributed by atoms with Gasteiger partial charge < -0.3 is 20.9 Å². The van der Waals surface area contributed by atoms with Crippen LogP contribution in [0.3, 0.4) is 0 Å². The van der Waals surface area contributed by atoms with E-state index in [4.69, 9.17) is 10.5 Å². The van der Waals surface area contributed by atoms with Crippen molar-refractivity contribution in [1.29, 1.82) is 0 Å². The molecule has 1 aromatic rings. The number of methoxy groups -OCH3 is 1. The fraction of sp³-hybridized carbons (Fsp3) is 0.462. The number of amides is 1. The SMILES string of the molecule is CCC(C)(O)CNC(=O)c1cc(OC)ccc1N. The first kappa shape index (κ1) is 14.3. The molecule has 4 N–H and O–H groups in total. The summed E-state index contributed by atoms with van der Waals surface area (Å²) in [6.45, 7) is 3.70. The van der Waals surface area contributed by atoms with Gasteiger partial charge in [0.1, 0.15) is 5.75 Å². The summed E-state index contributed by atoms with van der Waals surface area (Å²) in [6, 6.07) is 4.88. The molecular formula is C13H20N2O3. The van der Waals surface area contributed by atoms with Crippen LogP contribution in [0.1, 0.15) is 30.6 Å². The topological polar surface area (TPSA) is 84.6 Å². The molecule has 0 aliphatic rings. The number of nitrogen functional groups attached to an aromatic ring is 1. The van der Waals surface area contributed by atoms with Crippen molar-refractivity contribution in [3.63, 3.8) is 0 Å². The molecule has 0 fully saturated rings. The highest BCUT2D eigenvalue weighted by atomic mass is 16.5. The molecule has 0 aliphatic heterocycles. The monoisotopic (exact) mass is 252 g/mol. The van der Waals surface area contributed by atoms with E-state index in [9.17, 15) is 9.90 Å². The maximum Gasteiger partial charge on any atom is 0.253 e. The molecule has 5 nitrogen and oxygen atoms in total. The lowest BCUT2D eigenvalue weighted by atomic mass is 10.0. The smallest absolute Gasteiger partial charge is 0.253 e. The summed E-state index contributed by atoms with van der Waals surface area (Å²) >= 11 is 0. The summed E-state index contributed by atoms with van der Waals surface area (Å²) in [6.07, 6.45) is 0.556. The number of hydrogen-bond donors (Lipinski definition) is 3. The van der Waals surface area contributed by atoms with E-state index in [0.717, 1.165) is 0 Å². The van der Waals surface area contributed by atoms with Gasteiger partial charge in [-0.05, 0) is 31.5 Å². The van der Waals surface area contributed by atoms with Gasteiger partial charge in [-0.1, -0.05) is 6.92 Å². The first-order chi connectivity index (χ1) is 8.39. The summed E-state index contributed by atoms with van der Waals surface area (Å²) in [5.74, 6) is 0.247. The van der Waals surface area contributed by atoms with Crippen molar-refractivity contribution in [2.75, 3.05) is 19.4 Å². The number of nitrogens with one attached hydrogen (secondary N) is 1. The fourth-order valence-electron chi connectivity index (χ4n) is 1.35. The quantitative estimate of drug-likeness (QED) is 0.687. The first-order valence-electron chi connectivity index (χ1n) is 5.83. The summed E-state index contributed by atoms with van der Waals surface area (Å²) in [7, 11) is 1.52. The molecule has 0 saturated heterocycles. The first-order valence-corrected chi connectivity index (χ1v) is 5.83. The van der Waals surface area contributed by atoms with Gasteiger partial charge in [-0.15, -0.1) is 0 Å². The van der Waals surface area contributed by atoms with Crippen LogP contribution in [0.25, 0.3) is 0 Å². The van der Waals surface area contributed by atoms with E-state index < -0.39 is 5.60 Å². The number of nitrogens with two attached hydrogens (primary N) is 1. The maximum absolute atomic E-state index is 11.9. The van der Waals surface area contributed by atoms with E-state index in [0.29, 0.717) is 23.4 Å². The summed E-state index contributed by atoms with van der Waals surface area (Å²) in [4.78, 5) is 11.9. The molecule has 0 spiro atoms. The van der Waals surface area contributed by atoms with Crippen LogP contribution in [-0.2, 0) is 0 Å². The van der Waals surface area contributed by atoms with E-state index in [1.165, 1.54) is 7.11 Å². The molecule has 1 atom stereocenters. The number of aliphatic hydroxyl groups is 1. The Morgan fingerprint density at radius 1 is 1.56 bits per heavy atom. The number of carbonyl (C=O) groups excluding carboxylic acids is 1. The predicted octanol–water partition coefficient (Wildman–Crippen LogP) is 1.17. The molecule has 0 radical (unpaired) electrons. The van der Waals surface area contributed by atoms with Crippen LogP contribution >= 0.6 is 0 Å². The van der Waals surface area contributed by atoms with Gasteiger partial charge in [0.25, 0.3) is 5.91 Å².